The first kappa shape index (κ1) is 24.1. The van der Waals surface area contributed by atoms with Crippen LogP contribution in [-0.4, -0.2) is 28.7 Å². The zero-order valence-electron chi connectivity index (χ0n) is 19.5. The second kappa shape index (κ2) is 8.13. The Bertz CT molecular complexity index is 1460. The van der Waals surface area contributed by atoms with E-state index in [1.165, 1.54) is 24.3 Å². The normalized spacial score (nSPS) is 32.6. The third-order valence-electron chi connectivity index (χ3n) is 8.57. The number of allylic oxidation sites excluding steroid dienone is 2. The Labute approximate surface area is 221 Å². The van der Waals surface area contributed by atoms with Gasteiger partial charge in [-0.15, -0.1) is 0 Å². The van der Waals surface area contributed by atoms with Gasteiger partial charge in [-0.25, -0.2) is 9.29 Å². The fourth-order valence-corrected chi connectivity index (χ4v) is 7.35. The van der Waals surface area contributed by atoms with Gasteiger partial charge >= 0.3 is 0 Å². The number of halogens is 3. The molecule has 4 amide bonds. The van der Waals surface area contributed by atoms with Crippen molar-refractivity contribution >= 4 is 52.5 Å². The number of aromatic hydroxyl groups is 1. The Kier molecular flexibility index (Phi) is 5.30. The standard InChI is InChI=1S/C27H21Cl2FN2O5/c1-27-17(25(36)32(26(27)37)11-2-7-20(30)19(29)8-11)10-16-13(5-6-15-21(16)24(35)31-23(15)34)22(27)14-4-3-12(33)9-18(14)28/h2-5,7-9,15-17,21-22,33H,6,10H2,1H3,(H,31,34,35)/t15-,16+,17-,21-,22+,27+/m0/s1. The molecule has 0 aromatic heterocycles. The second-order valence-corrected chi connectivity index (χ2v) is 11.1. The van der Waals surface area contributed by atoms with Crippen molar-refractivity contribution in [2.45, 2.75) is 25.7 Å². The van der Waals surface area contributed by atoms with Gasteiger partial charge in [0, 0.05) is 10.9 Å². The maximum atomic E-state index is 14.2. The molecule has 0 radical (unpaired) electrons. The number of hydrogen-bond acceptors (Lipinski definition) is 5. The highest BCUT2D eigenvalue weighted by atomic mass is 35.5. The molecule has 37 heavy (non-hydrogen) atoms. The maximum absolute atomic E-state index is 14.2. The van der Waals surface area contributed by atoms with Crippen LogP contribution >= 0.6 is 23.2 Å². The largest absolute Gasteiger partial charge is 0.508 e. The predicted octanol–water partition coefficient (Wildman–Crippen LogP) is 4.36. The first-order chi connectivity index (χ1) is 17.5. The molecule has 2 aliphatic heterocycles. The summed E-state index contributed by atoms with van der Waals surface area (Å²) in [6, 6.07) is 8.11. The second-order valence-electron chi connectivity index (χ2n) is 10.3. The monoisotopic (exact) mass is 542 g/mol. The van der Waals surface area contributed by atoms with E-state index >= 15 is 0 Å². The molecule has 0 unspecified atom stereocenters. The van der Waals surface area contributed by atoms with Crippen LogP contribution in [0, 0.1) is 34.9 Å². The molecule has 1 saturated carbocycles. The SMILES string of the molecule is C[C@@]12C(=O)N(c3ccc(F)c(Cl)c3)C(=O)[C@@H]1C[C@@H]1C(=CC[C@@H]3C(=O)NC(=O)[C@@H]31)[C@@H]2c1ccc(O)cc1Cl. The molecular formula is C27H21Cl2FN2O5. The predicted molar refractivity (Wildman–Crippen MR) is 132 cm³/mol. The number of rotatable bonds is 2. The van der Waals surface area contributed by atoms with Gasteiger partial charge in [0.15, 0.2) is 0 Å². The van der Waals surface area contributed by atoms with Crippen LogP contribution in [0.4, 0.5) is 10.1 Å². The molecule has 10 heteroatoms. The number of benzene rings is 2. The van der Waals surface area contributed by atoms with Crippen molar-refractivity contribution in [2.24, 2.45) is 29.1 Å². The summed E-state index contributed by atoms with van der Waals surface area (Å²) in [6.07, 6.45) is 2.40. The number of nitrogens with zero attached hydrogens (tertiary/aromatic N) is 1. The molecule has 6 rings (SSSR count). The van der Waals surface area contributed by atoms with Crippen LogP contribution in [0.25, 0.3) is 0 Å². The number of carbonyl (C=O) groups excluding carboxylic acids is 4. The number of nitrogens with one attached hydrogen (secondary N) is 1. The summed E-state index contributed by atoms with van der Waals surface area (Å²) in [6.45, 7) is 1.71. The molecule has 2 saturated heterocycles. The fourth-order valence-electron chi connectivity index (χ4n) is 6.89. The van der Waals surface area contributed by atoms with E-state index in [-0.39, 0.29) is 39.7 Å². The van der Waals surface area contributed by atoms with Crippen LogP contribution in [-0.2, 0) is 19.2 Å². The van der Waals surface area contributed by atoms with Gasteiger partial charge in [0.1, 0.15) is 11.6 Å². The van der Waals surface area contributed by atoms with Gasteiger partial charge in [0.2, 0.25) is 23.6 Å². The highest BCUT2D eigenvalue weighted by Gasteiger charge is 2.67. The summed E-state index contributed by atoms with van der Waals surface area (Å²) in [4.78, 5) is 54.4. The van der Waals surface area contributed by atoms with Gasteiger partial charge in [-0.1, -0.05) is 40.9 Å². The van der Waals surface area contributed by atoms with Crippen LogP contribution in [0.3, 0.4) is 0 Å². The third-order valence-corrected chi connectivity index (χ3v) is 9.19. The molecule has 2 aliphatic carbocycles. The number of imide groups is 2. The van der Waals surface area contributed by atoms with Crippen molar-refractivity contribution in [3.8, 4) is 5.75 Å². The number of phenolic OH excluding ortho intramolecular Hbond substituents is 1. The Hall–Kier alpha value is -3.23. The van der Waals surface area contributed by atoms with E-state index in [0.29, 0.717) is 12.0 Å². The fraction of sp³-hybridized carbons (Fsp3) is 0.333. The molecule has 190 valence electrons. The lowest BCUT2D eigenvalue weighted by Gasteiger charge is -2.49. The van der Waals surface area contributed by atoms with E-state index in [1.807, 2.05) is 6.08 Å². The lowest BCUT2D eigenvalue weighted by atomic mass is 9.51. The van der Waals surface area contributed by atoms with Crippen molar-refractivity contribution in [2.75, 3.05) is 4.90 Å². The highest BCUT2D eigenvalue weighted by molar-refractivity contribution is 6.32. The minimum absolute atomic E-state index is 0.0577. The summed E-state index contributed by atoms with van der Waals surface area (Å²) in [5.41, 5.74) is 0.160. The minimum Gasteiger partial charge on any atom is -0.508 e. The van der Waals surface area contributed by atoms with Crippen molar-refractivity contribution < 1.29 is 28.7 Å². The van der Waals surface area contributed by atoms with Crippen molar-refractivity contribution in [3.05, 3.63) is 69.5 Å². The summed E-state index contributed by atoms with van der Waals surface area (Å²) in [5.74, 6) is -5.65. The van der Waals surface area contributed by atoms with Gasteiger partial charge in [0.05, 0.1) is 33.9 Å². The first-order valence-electron chi connectivity index (χ1n) is 11.9. The zero-order valence-corrected chi connectivity index (χ0v) is 21.0. The number of phenols is 1. The lowest BCUT2D eigenvalue weighted by Crippen LogP contribution is -2.48. The molecule has 4 aliphatic rings. The molecule has 2 aromatic rings. The average Bonchev–Trinajstić information content (AvgIpc) is 3.24. The van der Waals surface area contributed by atoms with Crippen LogP contribution in [0.1, 0.15) is 31.2 Å². The van der Waals surface area contributed by atoms with E-state index in [1.54, 1.807) is 13.0 Å². The van der Waals surface area contributed by atoms with Gasteiger partial charge in [-0.3, -0.25) is 24.5 Å². The van der Waals surface area contributed by atoms with Gasteiger partial charge in [-0.2, -0.15) is 0 Å². The Morgan fingerprint density at radius 2 is 1.78 bits per heavy atom. The lowest BCUT2D eigenvalue weighted by molar-refractivity contribution is -0.131. The zero-order chi connectivity index (χ0) is 26.4. The summed E-state index contributed by atoms with van der Waals surface area (Å²) < 4.78 is 13.9. The van der Waals surface area contributed by atoms with E-state index in [0.717, 1.165) is 16.5 Å². The third kappa shape index (κ3) is 3.25. The number of fused-ring (bicyclic) bond motifs is 4. The molecule has 0 spiro atoms. The molecule has 2 aromatic carbocycles. The smallest absolute Gasteiger partial charge is 0.241 e. The quantitative estimate of drug-likeness (QED) is 0.433. The van der Waals surface area contributed by atoms with E-state index in [4.69, 9.17) is 23.2 Å². The van der Waals surface area contributed by atoms with Crippen LogP contribution in [0.5, 0.6) is 5.75 Å². The van der Waals surface area contributed by atoms with Crippen molar-refractivity contribution in [1.82, 2.24) is 5.32 Å². The summed E-state index contributed by atoms with van der Waals surface area (Å²) in [5, 5.41) is 12.4. The van der Waals surface area contributed by atoms with Crippen LogP contribution in [0.15, 0.2) is 48.0 Å². The van der Waals surface area contributed by atoms with Crippen molar-refractivity contribution in [1.29, 1.82) is 0 Å². The Balaban J connectivity index is 1.55. The topological polar surface area (TPSA) is 104 Å². The Morgan fingerprint density at radius 3 is 2.49 bits per heavy atom. The van der Waals surface area contributed by atoms with Gasteiger partial charge < -0.3 is 5.11 Å². The first-order valence-corrected chi connectivity index (χ1v) is 12.7. The molecule has 3 fully saturated rings. The Morgan fingerprint density at radius 1 is 1.03 bits per heavy atom. The van der Waals surface area contributed by atoms with E-state index in [2.05, 4.69) is 5.32 Å². The number of hydrogen-bond donors (Lipinski definition) is 2. The highest BCUT2D eigenvalue weighted by Crippen LogP contribution is 2.63. The van der Waals surface area contributed by atoms with Crippen LogP contribution < -0.4 is 10.2 Å². The summed E-state index contributed by atoms with van der Waals surface area (Å²) >= 11 is 12.6. The molecule has 2 N–H and O–H groups in total. The minimum atomic E-state index is -1.30. The summed E-state index contributed by atoms with van der Waals surface area (Å²) in [7, 11) is 0. The van der Waals surface area contributed by atoms with Crippen LogP contribution in [0.2, 0.25) is 10.0 Å². The molecule has 6 atom stereocenters. The number of carbonyl (C=O) groups is 4. The molecule has 7 nitrogen and oxygen atoms in total. The van der Waals surface area contributed by atoms with E-state index < -0.39 is 52.6 Å². The number of anilines is 1. The molecule has 0 bridgehead atoms. The number of amides is 4. The van der Waals surface area contributed by atoms with Gasteiger partial charge in [0.25, 0.3) is 0 Å². The van der Waals surface area contributed by atoms with Crippen molar-refractivity contribution in [3.63, 3.8) is 0 Å². The molecular weight excluding hydrogens is 522 g/mol. The molecule has 2 heterocycles. The van der Waals surface area contributed by atoms with Gasteiger partial charge in [-0.05, 0) is 61.6 Å². The van der Waals surface area contributed by atoms with E-state index in [9.17, 15) is 28.7 Å². The maximum Gasteiger partial charge on any atom is 0.241 e. The average molecular weight is 543 g/mol.